The Morgan fingerprint density at radius 2 is 2.17 bits per heavy atom. The third-order valence-corrected chi connectivity index (χ3v) is 3.41. The summed E-state index contributed by atoms with van der Waals surface area (Å²) in [7, 11) is 0. The summed E-state index contributed by atoms with van der Waals surface area (Å²) in [5.74, 6) is -0.404. The van der Waals surface area contributed by atoms with Gasteiger partial charge in [-0.25, -0.2) is 9.78 Å². The molecule has 2 rings (SSSR count). The van der Waals surface area contributed by atoms with Gasteiger partial charge in [0, 0.05) is 10.2 Å². The molecule has 6 heteroatoms. The van der Waals surface area contributed by atoms with Gasteiger partial charge in [0.05, 0.1) is 12.1 Å². The molecule has 0 radical (unpaired) electrons. The van der Waals surface area contributed by atoms with Crippen molar-refractivity contribution in [3.63, 3.8) is 0 Å². The van der Waals surface area contributed by atoms with Gasteiger partial charge in [-0.1, -0.05) is 15.9 Å². The molecular formula is C12H11BrN2O2S. The van der Waals surface area contributed by atoms with Crippen LogP contribution in [0.3, 0.4) is 0 Å². The van der Waals surface area contributed by atoms with E-state index in [1.54, 1.807) is 12.4 Å². The molecule has 18 heavy (non-hydrogen) atoms. The highest BCUT2D eigenvalue weighted by Gasteiger charge is 2.15. The van der Waals surface area contributed by atoms with E-state index in [0.29, 0.717) is 17.3 Å². The molecule has 1 aromatic carbocycles. The van der Waals surface area contributed by atoms with Crippen molar-refractivity contribution < 1.29 is 9.53 Å². The zero-order valence-corrected chi connectivity index (χ0v) is 12.0. The van der Waals surface area contributed by atoms with E-state index in [4.69, 9.17) is 4.74 Å². The number of thiazole rings is 1. The zero-order valence-electron chi connectivity index (χ0n) is 9.64. The number of halogens is 1. The molecule has 0 aliphatic heterocycles. The lowest BCUT2D eigenvalue weighted by Gasteiger charge is -2.05. The van der Waals surface area contributed by atoms with Crippen molar-refractivity contribution in [2.24, 2.45) is 0 Å². The normalized spacial score (nSPS) is 10.1. The summed E-state index contributed by atoms with van der Waals surface area (Å²) < 4.78 is 5.94. The number of benzene rings is 1. The van der Waals surface area contributed by atoms with E-state index < -0.39 is 5.97 Å². The van der Waals surface area contributed by atoms with E-state index in [9.17, 15) is 4.79 Å². The molecule has 0 aliphatic carbocycles. The van der Waals surface area contributed by atoms with E-state index >= 15 is 0 Å². The number of esters is 1. The predicted octanol–water partition coefficient (Wildman–Crippen LogP) is 3.83. The van der Waals surface area contributed by atoms with Gasteiger partial charge in [0.15, 0.2) is 5.69 Å². The number of carbonyl (C=O) groups is 1. The molecule has 0 bridgehead atoms. The van der Waals surface area contributed by atoms with Crippen LogP contribution in [0.15, 0.2) is 34.2 Å². The molecule has 94 valence electrons. The van der Waals surface area contributed by atoms with Gasteiger partial charge < -0.3 is 10.1 Å². The third kappa shape index (κ3) is 3.08. The van der Waals surface area contributed by atoms with E-state index in [1.807, 2.05) is 24.3 Å². The van der Waals surface area contributed by atoms with Crippen LogP contribution >= 0.6 is 27.3 Å². The quantitative estimate of drug-likeness (QED) is 0.867. The molecule has 2 aromatic rings. The first kappa shape index (κ1) is 13.0. The van der Waals surface area contributed by atoms with E-state index in [2.05, 4.69) is 26.2 Å². The molecule has 0 amide bonds. The summed E-state index contributed by atoms with van der Waals surface area (Å²) >= 11 is 4.74. The van der Waals surface area contributed by atoms with Crippen molar-refractivity contribution in [3.05, 3.63) is 39.9 Å². The third-order valence-electron chi connectivity index (χ3n) is 2.14. The maximum Gasteiger partial charge on any atom is 0.360 e. The van der Waals surface area contributed by atoms with E-state index in [1.165, 1.54) is 11.3 Å². The average Bonchev–Trinajstić information content (AvgIpc) is 2.81. The summed E-state index contributed by atoms with van der Waals surface area (Å²) in [6, 6.07) is 7.68. The Hall–Kier alpha value is -1.40. The number of ether oxygens (including phenoxy) is 1. The van der Waals surface area contributed by atoms with Crippen LogP contribution in [-0.4, -0.2) is 17.6 Å². The van der Waals surface area contributed by atoms with Crippen molar-refractivity contribution in [2.75, 3.05) is 11.9 Å². The summed E-state index contributed by atoms with van der Waals surface area (Å²) in [5.41, 5.74) is 2.84. The Labute approximate surface area is 117 Å². The van der Waals surface area contributed by atoms with Gasteiger partial charge in [0.25, 0.3) is 0 Å². The van der Waals surface area contributed by atoms with E-state index in [0.717, 1.165) is 10.2 Å². The van der Waals surface area contributed by atoms with Gasteiger partial charge in [0.1, 0.15) is 5.00 Å². The van der Waals surface area contributed by atoms with Crippen molar-refractivity contribution in [1.82, 2.24) is 4.98 Å². The molecule has 0 saturated carbocycles. The van der Waals surface area contributed by atoms with Crippen LogP contribution in [0.5, 0.6) is 0 Å². The lowest BCUT2D eigenvalue weighted by molar-refractivity contribution is 0.0521. The first-order chi connectivity index (χ1) is 8.70. The Balaban J connectivity index is 2.17. The molecule has 1 heterocycles. The highest BCUT2D eigenvalue weighted by molar-refractivity contribution is 9.10. The van der Waals surface area contributed by atoms with Crippen LogP contribution in [0, 0.1) is 0 Å². The summed E-state index contributed by atoms with van der Waals surface area (Å²) in [6.07, 6.45) is 0. The first-order valence-corrected chi connectivity index (χ1v) is 7.01. The summed E-state index contributed by atoms with van der Waals surface area (Å²) in [4.78, 5) is 15.7. The fraction of sp³-hybridized carbons (Fsp3) is 0.167. The van der Waals surface area contributed by atoms with Gasteiger partial charge >= 0.3 is 5.97 Å². The minimum absolute atomic E-state index is 0.324. The molecule has 0 aliphatic rings. The van der Waals surface area contributed by atoms with Crippen LogP contribution in [-0.2, 0) is 4.74 Å². The highest BCUT2D eigenvalue weighted by atomic mass is 79.9. The second kappa shape index (κ2) is 5.97. The SMILES string of the molecule is CCOC(=O)c1ncsc1Nc1ccc(Br)cc1. The molecule has 0 unspecified atom stereocenters. The van der Waals surface area contributed by atoms with Crippen LogP contribution in [0.1, 0.15) is 17.4 Å². The zero-order chi connectivity index (χ0) is 13.0. The molecule has 4 nitrogen and oxygen atoms in total. The molecule has 0 atom stereocenters. The number of anilines is 2. The number of carbonyl (C=O) groups excluding carboxylic acids is 1. The summed E-state index contributed by atoms with van der Waals surface area (Å²) in [6.45, 7) is 2.11. The Morgan fingerprint density at radius 3 is 2.83 bits per heavy atom. The molecule has 0 fully saturated rings. The Morgan fingerprint density at radius 1 is 1.44 bits per heavy atom. The minimum Gasteiger partial charge on any atom is -0.461 e. The molecule has 1 aromatic heterocycles. The van der Waals surface area contributed by atoms with Gasteiger partial charge in [-0.05, 0) is 31.2 Å². The Kier molecular flexibility index (Phi) is 4.33. The topological polar surface area (TPSA) is 51.2 Å². The van der Waals surface area contributed by atoms with Crippen molar-refractivity contribution >= 4 is 43.9 Å². The maximum atomic E-state index is 11.6. The van der Waals surface area contributed by atoms with Crippen LogP contribution in [0.4, 0.5) is 10.7 Å². The molecule has 0 spiro atoms. The standard InChI is InChI=1S/C12H11BrN2O2S/c1-2-17-12(16)10-11(18-7-14-10)15-9-5-3-8(13)4-6-9/h3-7,15H,2H2,1H3. The van der Waals surface area contributed by atoms with Crippen LogP contribution in [0.2, 0.25) is 0 Å². The lowest BCUT2D eigenvalue weighted by atomic mass is 10.3. The monoisotopic (exact) mass is 326 g/mol. The second-order valence-electron chi connectivity index (χ2n) is 3.38. The second-order valence-corrected chi connectivity index (χ2v) is 5.15. The Bertz CT molecular complexity index is 539. The number of aromatic nitrogens is 1. The smallest absolute Gasteiger partial charge is 0.360 e. The fourth-order valence-corrected chi connectivity index (χ4v) is 2.30. The van der Waals surface area contributed by atoms with Crippen LogP contribution in [0.25, 0.3) is 0 Å². The minimum atomic E-state index is -0.404. The average molecular weight is 327 g/mol. The van der Waals surface area contributed by atoms with Gasteiger partial charge in [0.2, 0.25) is 0 Å². The van der Waals surface area contributed by atoms with Gasteiger partial charge in [-0.2, -0.15) is 0 Å². The fourth-order valence-electron chi connectivity index (χ4n) is 1.34. The highest BCUT2D eigenvalue weighted by Crippen LogP contribution is 2.26. The van der Waals surface area contributed by atoms with Crippen LogP contribution < -0.4 is 5.32 Å². The van der Waals surface area contributed by atoms with Crippen molar-refractivity contribution in [3.8, 4) is 0 Å². The van der Waals surface area contributed by atoms with Gasteiger partial charge in [-0.15, -0.1) is 11.3 Å². The van der Waals surface area contributed by atoms with Gasteiger partial charge in [-0.3, -0.25) is 0 Å². The number of nitrogens with zero attached hydrogens (tertiary/aromatic N) is 1. The number of rotatable bonds is 4. The first-order valence-electron chi connectivity index (χ1n) is 5.34. The van der Waals surface area contributed by atoms with Crippen molar-refractivity contribution in [2.45, 2.75) is 6.92 Å². The molecular weight excluding hydrogens is 316 g/mol. The predicted molar refractivity (Wildman–Crippen MR) is 75.5 cm³/mol. The number of nitrogens with one attached hydrogen (secondary N) is 1. The number of hydrogen-bond donors (Lipinski definition) is 1. The van der Waals surface area contributed by atoms with E-state index in [-0.39, 0.29) is 0 Å². The number of hydrogen-bond acceptors (Lipinski definition) is 5. The molecule has 0 saturated heterocycles. The summed E-state index contributed by atoms with van der Waals surface area (Å²) in [5, 5.41) is 3.84. The lowest BCUT2D eigenvalue weighted by Crippen LogP contribution is -2.07. The maximum absolute atomic E-state index is 11.6. The largest absolute Gasteiger partial charge is 0.461 e. The van der Waals surface area contributed by atoms with Crippen molar-refractivity contribution in [1.29, 1.82) is 0 Å². The molecule has 1 N–H and O–H groups in total.